The molecule has 4 aliphatic rings. The average molecular weight is 262 g/mol. The lowest BCUT2D eigenvalue weighted by atomic mass is 9.48. The van der Waals surface area contributed by atoms with Crippen LogP contribution in [0.4, 0.5) is 6.01 Å². The Labute approximate surface area is 113 Å². The van der Waals surface area contributed by atoms with Gasteiger partial charge in [0.05, 0.1) is 5.69 Å². The van der Waals surface area contributed by atoms with Crippen LogP contribution in [-0.2, 0) is 0 Å². The molecule has 0 spiro atoms. The van der Waals surface area contributed by atoms with Crippen molar-refractivity contribution in [1.82, 2.24) is 4.98 Å². The molecule has 0 radical (unpaired) electrons. The van der Waals surface area contributed by atoms with Crippen LogP contribution >= 0.6 is 0 Å². The maximum atomic E-state index is 10.9. The summed E-state index contributed by atoms with van der Waals surface area (Å²) < 4.78 is 5.48. The van der Waals surface area contributed by atoms with Crippen LogP contribution < -0.4 is 5.73 Å². The van der Waals surface area contributed by atoms with Crippen LogP contribution in [0.2, 0.25) is 0 Å². The van der Waals surface area contributed by atoms with E-state index in [9.17, 15) is 5.11 Å². The van der Waals surface area contributed by atoms with E-state index in [4.69, 9.17) is 10.2 Å². The lowest BCUT2D eigenvalue weighted by Gasteiger charge is -2.58. The van der Waals surface area contributed by atoms with Crippen molar-refractivity contribution in [3.63, 3.8) is 0 Å². The number of rotatable bonds is 2. The summed E-state index contributed by atoms with van der Waals surface area (Å²) in [6.45, 7) is 1.87. The highest BCUT2D eigenvalue weighted by atomic mass is 16.4. The standard InChI is InChI=1S/C15H22N2O2/c1-8-12(19-14(16)17-8)13(18)15-5-9-2-10(6-15)4-11(3-9)7-15/h9-11,13,18H,2-7H2,1H3,(H2,16,17). The summed E-state index contributed by atoms with van der Waals surface area (Å²) in [6, 6.07) is 0.177. The van der Waals surface area contributed by atoms with Crippen molar-refractivity contribution in [2.75, 3.05) is 5.73 Å². The van der Waals surface area contributed by atoms with Crippen LogP contribution in [-0.4, -0.2) is 10.1 Å². The minimum Gasteiger partial charge on any atom is -0.426 e. The minimum atomic E-state index is -0.523. The van der Waals surface area contributed by atoms with E-state index in [0.29, 0.717) is 5.76 Å². The number of hydrogen-bond donors (Lipinski definition) is 2. The molecule has 1 aromatic heterocycles. The number of nitrogens with zero attached hydrogens (tertiary/aromatic N) is 1. The van der Waals surface area contributed by atoms with Crippen molar-refractivity contribution >= 4 is 6.01 Å². The third-order valence-corrected chi connectivity index (χ3v) is 5.76. The minimum absolute atomic E-state index is 0.0332. The number of aliphatic hydroxyl groups excluding tert-OH is 1. The van der Waals surface area contributed by atoms with E-state index in [1.807, 2.05) is 6.92 Å². The fourth-order valence-corrected chi connectivity index (χ4v) is 5.47. The molecule has 5 rings (SSSR count). The maximum absolute atomic E-state index is 10.9. The molecule has 4 aliphatic carbocycles. The van der Waals surface area contributed by atoms with Gasteiger partial charge in [-0.15, -0.1) is 0 Å². The highest BCUT2D eigenvalue weighted by molar-refractivity contribution is 5.23. The van der Waals surface area contributed by atoms with Crippen LogP contribution in [0.3, 0.4) is 0 Å². The predicted octanol–water partition coefficient (Wildman–Crippen LogP) is 2.82. The number of aromatic nitrogens is 1. The fourth-order valence-electron chi connectivity index (χ4n) is 5.47. The van der Waals surface area contributed by atoms with Gasteiger partial charge in [0, 0.05) is 5.41 Å². The molecule has 3 N–H and O–H groups in total. The van der Waals surface area contributed by atoms with Gasteiger partial charge in [-0.05, 0) is 63.2 Å². The highest BCUT2D eigenvalue weighted by Crippen LogP contribution is 2.64. The molecule has 1 unspecified atom stereocenters. The molecular formula is C15H22N2O2. The van der Waals surface area contributed by atoms with Gasteiger partial charge in [0.2, 0.25) is 0 Å². The number of aliphatic hydroxyl groups is 1. The van der Waals surface area contributed by atoms with Crippen molar-refractivity contribution in [3.05, 3.63) is 11.5 Å². The maximum Gasteiger partial charge on any atom is 0.292 e. The van der Waals surface area contributed by atoms with E-state index < -0.39 is 6.10 Å². The number of hydrogen-bond acceptors (Lipinski definition) is 4. The Morgan fingerprint density at radius 2 is 1.74 bits per heavy atom. The van der Waals surface area contributed by atoms with Crippen LogP contribution in [0.5, 0.6) is 0 Å². The summed E-state index contributed by atoms with van der Waals surface area (Å²) in [7, 11) is 0. The molecule has 0 aliphatic heterocycles. The molecule has 4 fully saturated rings. The molecule has 19 heavy (non-hydrogen) atoms. The zero-order valence-corrected chi connectivity index (χ0v) is 11.4. The Balaban J connectivity index is 1.69. The molecule has 104 valence electrons. The molecule has 0 saturated heterocycles. The topological polar surface area (TPSA) is 72.3 Å². The van der Waals surface area contributed by atoms with Gasteiger partial charge in [-0.1, -0.05) is 0 Å². The Bertz CT molecular complexity index is 473. The van der Waals surface area contributed by atoms with Crippen LogP contribution in [0.1, 0.15) is 56.1 Å². The highest BCUT2D eigenvalue weighted by Gasteiger charge is 2.55. The lowest BCUT2D eigenvalue weighted by Crippen LogP contribution is -2.48. The van der Waals surface area contributed by atoms with E-state index in [0.717, 1.165) is 42.7 Å². The number of anilines is 1. The number of oxazole rings is 1. The van der Waals surface area contributed by atoms with Gasteiger partial charge in [0.15, 0.2) is 5.76 Å². The van der Waals surface area contributed by atoms with Crippen LogP contribution in [0.15, 0.2) is 4.42 Å². The average Bonchev–Trinajstić information content (AvgIpc) is 2.65. The molecule has 1 aromatic rings. The zero-order chi connectivity index (χ0) is 13.2. The largest absolute Gasteiger partial charge is 0.426 e. The second-order valence-electron chi connectivity index (χ2n) is 7.18. The lowest BCUT2D eigenvalue weighted by molar-refractivity contribution is -0.127. The van der Waals surface area contributed by atoms with Crippen molar-refractivity contribution in [3.8, 4) is 0 Å². The van der Waals surface area contributed by atoms with Crippen LogP contribution in [0, 0.1) is 30.1 Å². The predicted molar refractivity (Wildman–Crippen MR) is 71.2 cm³/mol. The van der Waals surface area contributed by atoms with E-state index in [2.05, 4.69) is 4.98 Å². The second kappa shape index (κ2) is 3.75. The first kappa shape index (κ1) is 11.8. The third-order valence-electron chi connectivity index (χ3n) is 5.76. The smallest absolute Gasteiger partial charge is 0.292 e. The Morgan fingerprint density at radius 1 is 1.21 bits per heavy atom. The summed E-state index contributed by atoms with van der Waals surface area (Å²) in [6.07, 6.45) is 7.07. The summed E-state index contributed by atoms with van der Waals surface area (Å²) in [5.41, 5.74) is 6.40. The van der Waals surface area contributed by atoms with Gasteiger partial charge in [0.1, 0.15) is 6.10 Å². The van der Waals surface area contributed by atoms with E-state index in [-0.39, 0.29) is 11.4 Å². The summed E-state index contributed by atoms with van der Waals surface area (Å²) in [5.74, 6) is 3.07. The van der Waals surface area contributed by atoms with Crippen molar-refractivity contribution in [2.45, 2.75) is 51.6 Å². The summed E-state index contributed by atoms with van der Waals surface area (Å²) >= 11 is 0. The number of aryl methyl sites for hydroxylation is 1. The van der Waals surface area contributed by atoms with Gasteiger partial charge in [0.25, 0.3) is 6.01 Å². The monoisotopic (exact) mass is 262 g/mol. The Morgan fingerprint density at radius 3 is 2.16 bits per heavy atom. The first-order valence-electron chi connectivity index (χ1n) is 7.46. The molecule has 4 nitrogen and oxygen atoms in total. The summed E-state index contributed by atoms with van der Waals surface area (Å²) in [5, 5.41) is 10.9. The van der Waals surface area contributed by atoms with Crippen molar-refractivity contribution in [2.24, 2.45) is 23.2 Å². The SMILES string of the molecule is Cc1nc(N)oc1C(O)C12CC3CC(CC(C3)C1)C2. The van der Waals surface area contributed by atoms with E-state index in [1.54, 1.807) is 0 Å². The van der Waals surface area contributed by atoms with Gasteiger partial charge in [-0.2, -0.15) is 4.98 Å². The number of nitrogen functional groups attached to an aromatic ring is 1. The molecule has 1 heterocycles. The van der Waals surface area contributed by atoms with Gasteiger partial charge < -0.3 is 15.3 Å². The zero-order valence-electron chi connectivity index (χ0n) is 11.4. The third kappa shape index (κ3) is 1.65. The molecule has 0 aromatic carbocycles. The van der Waals surface area contributed by atoms with E-state index >= 15 is 0 Å². The second-order valence-corrected chi connectivity index (χ2v) is 7.18. The van der Waals surface area contributed by atoms with Crippen LogP contribution in [0.25, 0.3) is 0 Å². The summed E-state index contributed by atoms with van der Waals surface area (Å²) in [4.78, 5) is 4.11. The van der Waals surface area contributed by atoms with Gasteiger partial charge in [-0.3, -0.25) is 0 Å². The van der Waals surface area contributed by atoms with Crippen molar-refractivity contribution in [1.29, 1.82) is 0 Å². The molecule has 4 saturated carbocycles. The fraction of sp³-hybridized carbons (Fsp3) is 0.800. The first-order valence-corrected chi connectivity index (χ1v) is 7.46. The Hall–Kier alpha value is -1.03. The van der Waals surface area contributed by atoms with Gasteiger partial charge >= 0.3 is 0 Å². The first-order chi connectivity index (χ1) is 9.06. The normalized spacial score (nSPS) is 41.7. The number of nitrogens with two attached hydrogens (primary N) is 1. The Kier molecular flexibility index (Phi) is 2.32. The van der Waals surface area contributed by atoms with Crippen molar-refractivity contribution < 1.29 is 9.52 Å². The van der Waals surface area contributed by atoms with E-state index in [1.165, 1.54) is 19.3 Å². The molecule has 4 bridgehead atoms. The quantitative estimate of drug-likeness (QED) is 0.859. The molecule has 0 amide bonds. The van der Waals surface area contributed by atoms with Gasteiger partial charge in [-0.25, -0.2) is 0 Å². The molecule has 4 heteroatoms. The molecule has 1 atom stereocenters. The molecular weight excluding hydrogens is 240 g/mol.